The first-order valence-corrected chi connectivity index (χ1v) is 8.09. The Labute approximate surface area is 134 Å². The van der Waals surface area contributed by atoms with Crippen LogP contribution < -0.4 is 10.1 Å². The normalized spacial score (nSPS) is 28.3. The van der Waals surface area contributed by atoms with Crippen molar-refractivity contribution in [3.8, 4) is 5.75 Å². The van der Waals surface area contributed by atoms with E-state index in [1.165, 1.54) is 0 Å². The molecule has 1 heterocycles. The fourth-order valence-electron chi connectivity index (χ4n) is 4.01. The van der Waals surface area contributed by atoms with Gasteiger partial charge in [-0.2, -0.15) is 0 Å². The molecule has 0 unspecified atom stereocenters. The summed E-state index contributed by atoms with van der Waals surface area (Å²) in [4.78, 5) is 24.2. The summed E-state index contributed by atoms with van der Waals surface area (Å²) in [6.07, 6.45) is 6.90. The van der Waals surface area contributed by atoms with Gasteiger partial charge < -0.3 is 15.2 Å². The van der Waals surface area contributed by atoms with Gasteiger partial charge in [0.15, 0.2) is 6.04 Å². The summed E-state index contributed by atoms with van der Waals surface area (Å²) in [6, 6.07) is 4.35. The van der Waals surface area contributed by atoms with E-state index in [9.17, 15) is 14.7 Å². The van der Waals surface area contributed by atoms with Crippen LogP contribution in [0.4, 0.5) is 0 Å². The fraction of sp³-hybridized carbons (Fsp3) is 0.444. The maximum atomic E-state index is 12.5. The number of rotatable bonds is 4. The van der Waals surface area contributed by atoms with Gasteiger partial charge in [0.1, 0.15) is 5.75 Å². The Kier molecular flexibility index (Phi) is 3.36. The number of carbonyl (C=O) groups excluding carboxylic acids is 1. The number of aliphatic carboxylic acids is 1. The standard InChI is InChI=1S/C18H19NO4/c20-17(14-8-10-1-2-11(14)7-10)19-16(18(21)22)13-3-4-15-12(9-13)5-6-23-15/h1-4,9-11,14,16H,5-8H2,(H,19,20)(H,21,22)/t10-,11-,14+,16+/m0/s1. The number of hydrogen-bond donors (Lipinski definition) is 2. The molecule has 0 radical (unpaired) electrons. The molecule has 5 nitrogen and oxygen atoms in total. The molecule has 4 rings (SSSR count). The van der Waals surface area contributed by atoms with Crippen molar-refractivity contribution in [2.24, 2.45) is 17.8 Å². The average Bonchev–Trinajstić information content (AvgIpc) is 3.26. The van der Waals surface area contributed by atoms with Crippen LogP contribution in [-0.4, -0.2) is 23.6 Å². The van der Waals surface area contributed by atoms with Crippen LogP contribution in [0.25, 0.3) is 0 Å². The van der Waals surface area contributed by atoms with Gasteiger partial charge >= 0.3 is 5.97 Å². The lowest BCUT2D eigenvalue weighted by atomic mass is 9.92. The molecule has 1 aliphatic heterocycles. The van der Waals surface area contributed by atoms with Crippen LogP contribution in [0.15, 0.2) is 30.4 Å². The number of carbonyl (C=O) groups is 2. The summed E-state index contributed by atoms with van der Waals surface area (Å²) < 4.78 is 5.45. The van der Waals surface area contributed by atoms with Crippen molar-refractivity contribution in [1.82, 2.24) is 5.32 Å². The molecule has 0 saturated heterocycles. The van der Waals surface area contributed by atoms with E-state index in [2.05, 4.69) is 17.5 Å². The molecule has 3 aliphatic rings. The molecular formula is C18H19NO4. The molecule has 2 N–H and O–H groups in total. The molecule has 2 bridgehead atoms. The summed E-state index contributed by atoms with van der Waals surface area (Å²) in [6.45, 7) is 0.625. The number of allylic oxidation sites excluding steroid dienone is 2. The summed E-state index contributed by atoms with van der Waals surface area (Å²) in [7, 11) is 0. The molecular weight excluding hydrogens is 294 g/mol. The molecule has 1 aromatic carbocycles. The molecule has 2 aliphatic carbocycles. The summed E-state index contributed by atoms with van der Waals surface area (Å²) in [5.74, 6) is 0.285. The third-order valence-corrected chi connectivity index (χ3v) is 5.20. The molecule has 1 saturated carbocycles. The first kappa shape index (κ1) is 14.3. The highest BCUT2D eigenvalue weighted by molar-refractivity contribution is 5.86. The summed E-state index contributed by atoms with van der Waals surface area (Å²) >= 11 is 0. The minimum atomic E-state index is -1.03. The minimum absolute atomic E-state index is 0.0930. The monoisotopic (exact) mass is 313 g/mol. The smallest absolute Gasteiger partial charge is 0.330 e. The third-order valence-electron chi connectivity index (χ3n) is 5.20. The molecule has 5 heteroatoms. The second kappa shape index (κ2) is 5.41. The van der Waals surface area contributed by atoms with E-state index in [-0.39, 0.29) is 17.7 Å². The first-order chi connectivity index (χ1) is 11.1. The topological polar surface area (TPSA) is 75.6 Å². The van der Waals surface area contributed by atoms with E-state index in [1.54, 1.807) is 12.1 Å². The predicted molar refractivity (Wildman–Crippen MR) is 83.0 cm³/mol. The van der Waals surface area contributed by atoms with E-state index in [0.717, 1.165) is 30.6 Å². The molecule has 120 valence electrons. The van der Waals surface area contributed by atoms with Crippen molar-refractivity contribution in [3.63, 3.8) is 0 Å². The van der Waals surface area contributed by atoms with E-state index in [0.29, 0.717) is 18.1 Å². The van der Waals surface area contributed by atoms with Crippen LogP contribution in [0.2, 0.25) is 0 Å². The Hall–Kier alpha value is -2.30. The van der Waals surface area contributed by atoms with Crippen LogP contribution in [0, 0.1) is 17.8 Å². The number of benzene rings is 1. The molecule has 23 heavy (non-hydrogen) atoms. The van der Waals surface area contributed by atoms with Gasteiger partial charge in [-0.25, -0.2) is 4.79 Å². The average molecular weight is 313 g/mol. The summed E-state index contributed by atoms with van der Waals surface area (Å²) in [5, 5.41) is 12.3. The van der Waals surface area contributed by atoms with E-state index < -0.39 is 12.0 Å². The number of ether oxygens (including phenoxy) is 1. The Balaban J connectivity index is 1.53. The van der Waals surface area contributed by atoms with Gasteiger partial charge in [0.05, 0.1) is 6.61 Å². The predicted octanol–water partition coefficient (Wildman–Crippen LogP) is 2.08. The molecule has 1 aromatic rings. The van der Waals surface area contributed by atoms with Gasteiger partial charge in [0, 0.05) is 12.3 Å². The summed E-state index contributed by atoms with van der Waals surface area (Å²) in [5.41, 5.74) is 1.61. The Morgan fingerprint density at radius 3 is 2.83 bits per heavy atom. The highest BCUT2D eigenvalue weighted by Gasteiger charge is 2.41. The Bertz CT molecular complexity index is 696. The van der Waals surface area contributed by atoms with Crippen LogP contribution >= 0.6 is 0 Å². The lowest BCUT2D eigenvalue weighted by molar-refractivity contribution is -0.142. The SMILES string of the molecule is O=C(O)[C@H](NC(=O)[C@@H]1C[C@H]2C=C[C@H]1C2)c1ccc2c(c1)CCO2. The van der Waals surface area contributed by atoms with Gasteiger partial charge in [0.25, 0.3) is 0 Å². The van der Waals surface area contributed by atoms with Crippen LogP contribution in [0.3, 0.4) is 0 Å². The van der Waals surface area contributed by atoms with E-state index in [1.807, 2.05) is 6.07 Å². The highest BCUT2D eigenvalue weighted by atomic mass is 16.5. The molecule has 0 aromatic heterocycles. The van der Waals surface area contributed by atoms with Crippen molar-refractivity contribution in [3.05, 3.63) is 41.5 Å². The van der Waals surface area contributed by atoms with Crippen molar-refractivity contribution in [2.75, 3.05) is 6.61 Å². The Morgan fingerprint density at radius 1 is 1.26 bits per heavy atom. The van der Waals surface area contributed by atoms with Crippen LogP contribution in [0.5, 0.6) is 5.75 Å². The lowest BCUT2D eigenvalue weighted by Crippen LogP contribution is -2.39. The molecule has 1 amide bonds. The van der Waals surface area contributed by atoms with Gasteiger partial charge in [-0.1, -0.05) is 18.2 Å². The van der Waals surface area contributed by atoms with E-state index in [4.69, 9.17) is 4.74 Å². The minimum Gasteiger partial charge on any atom is -0.493 e. The lowest BCUT2D eigenvalue weighted by Gasteiger charge is -2.21. The molecule has 4 atom stereocenters. The maximum Gasteiger partial charge on any atom is 0.330 e. The first-order valence-electron chi connectivity index (χ1n) is 8.09. The maximum absolute atomic E-state index is 12.5. The number of amides is 1. The van der Waals surface area contributed by atoms with Crippen LogP contribution in [0.1, 0.15) is 30.0 Å². The van der Waals surface area contributed by atoms with Crippen molar-refractivity contribution in [2.45, 2.75) is 25.3 Å². The second-order valence-electron chi connectivity index (χ2n) is 6.63. The number of hydrogen-bond acceptors (Lipinski definition) is 3. The van der Waals surface area contributed by atoms with Crippen molar-refractivity contribution in [1.29, 1.82) is 0 Å². The zero-order chi connectivity index (χ0) is 16.0. The van der Waals surface area contributed by atoms with Gasteiger partial charge in [-0.05, 0) is 47.9 Å². The van der Waals surface area contributed by atoms with Crippen molar-refractivity contribution < 1.29 is 19.4 Å². The molecule has 1 fully saturated rings. The molecule has 0 spiro atoms. The van der Waals surface area contributed by atoms with Gasteiger partial charge in [0.2, 0.25) is 5.91 Å². The quantitative estimate of drug-likeness (QED) is 0.835. The van der Waals surface area contributed by atoms with Gasteiger partial charge in [-0.3, -0.25) is 4.79 Å². The van der Waals surface area contributed by atoms with E-state index >= 15 is 0 Å². The third kappa shape index (κ3) is 2.50. The fourth-order valence-corrected chi connectivity index (χ4v) is 4.01. The van der Waals surface area contributed by atoms with Gasteiger partial charge in [-0.15, -0.1) is 0 Å². The number of fused-ring (bicyclic) bond motifs is 3. The highest BCUT2D eigenvalue weighted by Crippen LogP contribution is 2.43. The number of nitrogens with one attached hydrogen (secondary N) is 1. The Morgan fingerprint density at radius 2 is 2.13 bits per heavy atom. The van der Waals surface area contributed by atoms with Crippen molar-refractivity contribution >= 4 is 11.9 Å². The number of carboxylic acids is 1. The second-order valence-corrected chi connectivity index (χ2v) is 6.63. The number of carboxylic acid groups (broad SMARTS) is 1. The zero-order valence-electron chi connectivity index (χ0n) is 12.7. The largest absolute Gasteiger partial charge is 0.493 e. The zero-order valence-corrected chi connectivity index (χ0v) is 12.7. The van der Waals surface area contributed by atoms with Crippen LogP contribution in [-0.2, 0) is 16.0 Å².